The molecule has 0 bridgehead atoms. The van der Waals surface area contributed by atoms with E-state index in [2.05, 4.69) is 30.9 Å². The Morgan fingerprint density at radius 3 is 2.62 bits per heavy atom. The smallest absolute Gasteiger partial charge is 0.240 e. The van der Waals surface area contributed by atoms with Gasteiger partial charge in [-0.05, 0) is 50.4 Å². The summed E-state index contributed by atoms with van der Waals surface area (Å²) in [4.78, 5) is 29.9. The Morgan fingerprint density at radius 1 is 1.21 bits per heavy atom. The average molecular weight is 328 g/mol. The molecule has 2 atom stereocenters. The zero-order valence-corrected chi connectivity index (χ0v) is 15.0. The van der Waals surface area contributed by atoms with Gasteiger partial charge in [0.1, 0.15) is 0 Å². The number of carbonyl (C=O) groups excluding carboxylic acids is 2. The van der Waals surface area contributed by atoms with Crippen molar-refractivity contribution in [2.75, 3.05) is 19.6 Å². The lowest BCUT2D eigenvalue weighted by Crippen LogP contribution is -2.48. The second-order valence-corrected chi connectivity index (χ2v) is 7.17. The third kappa shape index (κ3) is 2.67. The van der Waals surface area contributed by atoms with Crippen LogP contribution in [0, 0.1) is 0 Å². The lowest BCUT2D eigenvalue weighted by atomic mass is 9.69. The summed E-state index contributed by atoms with van der Waals surface area (Å²) in [6.07, 6.45) is 3.12. The monoisotopic (exact) mass is 328 g/mol. The maximum absolute atomic E-state index is 13.3. The molecule has 130 valence electrons. The van der Waals surface area contributed by atoms with E-state index in [1.165, 1.54) is 5.56 Å². The van der Waals surface area contributed by atoms with Gasteiger partial charge in [0.25, 0.3) is 0 Å². The second-order valence-electron chi connectivity index (χ2n) is 7.17. The van der Waals surface area contributed by atoms with Gasteiger partial charge in [-0.2, -0.15) is 0 Å². The molecule has 1 fully saturated rings. The Hall–Kier alpha value is -1.68. The molecule has 0 N–H and O–H groups in total. The normalized spacial score (nSPS) is 24.8. The van der Waals surface area contributed by atoms with E-state index in [1.54, 1.807) is 4.90 Å². The fourth-order valence-corrected chi connectivity index (χ4v) is 4.47. The van der Waals surface area contributed by atoms with Crippen LogP contribution in [0.4, 0.5) is 0 Å². The first-order chi connectivity index (χ1) is 11.5. The molecule has 4 nitrogen and oxygen atoms in total. The molecule has 0 unspecified atom stereocenters. The second kappa shape index (κ2) is 6.67. The number of hydrogen-bond donors (Lipinski definition) is 0. The number of likely N-dealkylation sites (N-methyl/N-ethyl adjacent to an activating group) is 1. The number of benzene rings is 1. The maximum Gasteiger partial charge on any atom is 0.240 e. The van der Waals surface area contributed by atoms with E-state index in [4.69, 9.17) is 0 Å². The summed E-state index contributed by atoms with van der Waals surface area (Å²) in [7, 11) is 0. The van der Waals surface area contributed by atoms with E-state index in [0.717, 1.165) is 44.5 Å². The van der Waals surface area contributed by atoms with Crippen molar-refractivity contribution >= 4 is 11.8 Å². The predicted octanol–water partition coefficient (Wildman–Crippen LogP) is 2.75. The van der Waals surface area contributed by atoms with Gasteiger partial charge in [0.2, 0.25) is 11.8 Å². The van der Waals surface area contributed by atoms with Crippen molar-refractivity contribution in [2.24, 2.45) is 0 Å². The Morgan fingerprint density at radius 2 is 1.92 bits per heavy atom. The van der Waals surface area contributed by atoms with E-state index < -0.39 is 5.41 Å². The minimum Gasteiger partial charge on any atom is -0.302 e. The zero-order valence-electron chi connectivity index (χ0n) is 15.0. The number of amides is 2. The number of likely N-dealkylation sites (tertiary alicyclic amines) is 1. The summed E-state index contributed by atoms with van der Waals surface area (Å²) in [6, 6.07) is 8.11. The highest BCUT2D eigenvalue weighted by atomic mass is 16.2. The summed E-state index contributed by atoms with van der Waals surface area (Å²) in [5.74, 6) is 0.0238. The topological polar surface area (TPSA) is 40.6 Å². The Labute approximate surface area is 144 Å². The first kappa shape index (κ1) is 17.2. The van der Waals surface area contributed by atoms with Gasteiger partial charge in [-0.3, -0.25) is 14.5 Å². The fraction of sp³-hybridized carbons (Fsp3) is 0.600. The Kier molecular flexibility index (Phi) is 4.77. The van der Waals surface area contributed by atoms with E-state index in [1.807, 2.05) is 19.1 Å². The van der Waals surface area contributed by atoms with Crippen LogP contribution in [0.1, 0.15) is 51.2 Å². The minimum atomic E-state index is -0.608. The number of nitrogens with zero attached hydrogens (tertiary/aromatic N) is 2. The predicted molar refractivity (Wildman–Crippen MR) is 94.8 cm³/mol. The molecule has 0 saturated carbocycles. The van der Waals surface area contributed by atoms with E-state index >= 15 is 0 Å². The third-order valence-corrected chi connectivity index (χ3v) is 5.79. The molecule has 1 aromatic carbocycles. The van der Waals surface area contributed by atoms with Crippen molar-refractivity contribution in [1.29, 1.82) is 0 Å². The van der Waals surface area contributed by atoms with E-state index in [-0.39, 0.29) is 17.9 Å². The highest BCUT2D eigenvalue weighted by Crippen LogP contribution is 2.45. The number of carbonyl (C=O) groups is 2. The van der Waals surface area contributed by atoms with Crippen molar-refractivity contribution in [3.63, 3.8) is 0 Å². The van der Waals surface area contributed by atoms with Gasteiger partial charge >= 0.3 is 0 Å². The summed E-state index contributed by atoms with van der Waals surface area (Å²) >= 11 is 0. The van der Waals surface area contributed by atoms with Crippen molar-refractivity contribution in [2.45, 2.75) is 57.9 Å². The number of aryl methyl sites for hydroxylation is 1. The van der Waals surface area contributed by atoms with Crippen LogP contribution >= 0.6 is 0 Å². The SMILES string of the molecule is CCN(CC)C[C@@H](C)N1C(=O)C[C@]2(CCCc3ccccc32)C1=O. The molecule has 1 aromatic rings. The summed E-state index contributed by atoms with van der Waals surface area (Å²) < 4.78 is 0. The summed E-state index contributed by atoms with van der Waals surface area (Å²) in [5.41, 5.74) is 1.72. The summed E-state index contributed by atoms with van der Waals surface area (Å²) in [5, 5.41) is 0. The van der Waals surface area contributed by atoms with Crippen LogP contribution in [0.5, 0.6) is 0 Å². The average Bonchev–Trinajstić information content (AvgIpc) is 2.84. The first-order valence-corrected chi connectivity index (χ1v) is 9.20. The van der Waals surface area contributed by atoms with Gasteiger partial charge in [0.15, 0.2) is 0 Å². The molecular weight excluding hydrogens is 300 g/mol. The molecule has 2 amide bonds. The molecule has 0 aromatic heterocycles. The molecule has 0 radical (unpaired) electrons. The van der Waals surface area contributed by atoms with Crippen LogP contribution in [0.3, 0.4) is 0 Å². The standard InChI is InChI=1S/C20H28N2O2/c1-4-21(5-2)14-15(3)22-18(23)13-20(19(22)24)12-8-10-16-9-6-7-11-17(16)20/h6-7,9,11,15H,4-5,8,10,12-14H2,1-3H3/t15-,20+/m1/s1. The molecule has 1 aliphatic carbocycles. The van der Waals surface area contributed by atoms with Crippen LogP contribution in [0.2, 0.25) is 0 Å². The van der Waals surface area contributed by atoms with Crippen LogP contribution in [0.15, 0.2) is 24.3 Å². The van der Waals surface area contributed by atoms with Gasteiger partial charge < -0.3 is 4.90 Å². The molecule has 1 heterocycles. The number of imide groups is 1. The van der Waals surface area contributed by atoms with Crippen molar-refractivity contribution in [1.82, 2.24) is 9.80 Å². The van der Waals surface area contributed by atoms with Gasteiger partial charge in [-0.1, -0.05) is 38.1 Å². The summed E-state index contributed by atoms with van der Waals surface area (Å²) in [6.45, 7) is 8.85. The molecule has 3 rings (SSSR count). The van der Waals surface area contributed by atoms with E-state index in [9.17, 15) is 9.59 Å². The van der Waals surface area contributed by atoms with Crippen LogP contribution < -0.4 is 0 Å². The maximum atomic E-state index is 13.3. The first-order valence-electron chi connectivity index (χ1n) is 9.20. The largest absolute Gasteiger partial charge is 0.302 e. The minimum absolute atomic E-state index is 0.00337. The van der Waals surface area contributed by atoms with Gasteiger partial charge in [0.05, 0.1) is 5.41 Å². The quantitative estimate of drug-likeness (QED) is 0.781. The highest BCUT2D eigenvalue weighted by molar-refractivity contribution is 6.09. The highest BCUT2D eigenvalue weighted by Gasteiger charge is 2.55. The molecule has 2 aliphatic rings. The Bertz CT molecular complexity index is 638. The molecule has 24 heavy (non-hydrogen) atoms. The molecular formula is C20H28N2O2. The lowest BCUT2D eigenvalue weighted by molar-refractivity contribution is -0.142. The molecule has 1 spiro atoms. The molecule has 1 aliphatic heterocycles. The van der Waals surface area contributed by atoms with Crippen molar-refractivity contribution in [3.8, 4) is 0 Å². The van der Waals surface area contributed by atoms with Crippen molar-refractivity contribution < 1.29 is 9.59 Å². The number of rotatable bonds is 5. The molecule has 4 heteroatoms. The van der Waals surface area contributed by atoms with E-state index in [0.29, 0.717) is 6.42 Å². The lowest BCUT2D eigenvalue weighted by Gasteiger charge is -2.35. The van der Waals surface area contributed by atoms with Crippen LogP contribution in [0.25, 0.3) is 0 Å². The fourth-order valence-electron chi connectivity index (χ4n) is 4.47. The van der Waals surface area contributed by atoms with Crippen molar-refractivity contribution in [3.05, 3.63) is 35.4 Å². The Balaban J connectivity index is 1.90. The number of fused-ring (bicyclic) bond motifs is 2. The molecule has 1 saturated heterocycles. The third-order valence-electron chi connectivity index (χ3n) is 5.79. The zero-order chi connectivity index (χ0) is 17.3. The van der Waals surface area contributed by atoms with Gasteiger partial charge in [-0.25, -0.2) is 0 Å². The van der Waals surface area contributed by atoms with Crippen LogP contribution in [-0.4, -0.2) is 47.3 Å². The van der Waals surface area contributed by atoms with Crippen LogP contribution in [-0.2, 0) is 21.4 Å². The van der Waals surface area contributed by atoms with Gasteiger partial charge in [-0.15, -0.1) is 0 Å². The number of hydrogen-bond acceptors (Lipinski definition) is 3. The van der Waals surface area contributed by atoms with Gasteiger partial charge in [0, 0.05) is 19.0 Å².